The lowest BCUT2D eigenvalue weighted by Gasteiger charge is -2.20. The summed E-state index contributed by atoms with van der Waals surface area (Å²) in [6, 6.07) is 0. The minimum absolute atomic E-state index is 0.0654. The number of ether oxygens (including phenoxy) is 1. The zero-order valence-corrected chi connectivity index (χ0v) is 18.5. The number of nitrogen functional groups attached to an aromatic ring is 1. The highest BCUT2D eigenvalue weighted by Crippen LogP contribution is 2.66. The van der Waals surface area contributed by atoms with Crippen molar-refractivity contribution in [3.63, 3.8) is 0 Å². The third kappa shape index (κ3) is 5.69. The summed E-state index contributed by atoms with van der Waals surface area (Å²) in [4.78, 5) is 48.3. The fourth-order valence-corrected chi connectivity index (χ4v) is 6.36. The highest BCUT2D eigenvalue weighted by atomic mass is 31.3. The average molecular weight is 521 g/mol. The normalized spacial score (nSPS) is 27.9. The van der Waals surface area contributed by atoms with Gasteiger partial charge in [0.1, 0.15) is 18.3 Å². The number of hydrogen-bond donors (Lipinski definition) is 7. The fraction of sp³-hybridized carbons (Fsp3) is 0.545. The molecule has 0 bridgehead atoms. The molecule has 1 aliphatic heterocycles. The van der Waals surface area contributed by atoms with Crippen LogP contribution in [0.4, 0.5) is 5.95 Å². The van der Waals surface area contributed by atoms with Crippen LogP contribution in [-0.4, -0.2) is 76.0 Å². The third-order valence-corrected chi connectivity index (χ3v) is 8.30. The van der Waals surface area contributed by atoms with Gasteiger partial charge in [0.15, 0.2) is 17.4 Å². The highest BCUT2D eigenvalue weighted by Gasteiger charge is 2.46. The summed E-state index contributed by atoms with van der Waals surface area (Å²) in [5.41, 5.74) is 4.65. The van der Waals surface area contributed by atoms with E-state index in [4.69, 9.17) is 24.8 Å². The molecule has 0 aliphatic carbocycles. The van der Waals surface area contributed by atoms with Crippen LogP contribution in [0.25, 0.3) is 11.2 Å². The van der Waals surface area contributed by atoms with Gasteiger partial charge in [-0.05, 0) is 0 Å². The van der Waals surface area contributed by atoms with Crippen molar-refractivity contribution in [2.45, 2.75) is 24.5 Å². The Bertz CT molecular complexity index is 1210. The van der Waals surface area contributed by atoms with Crippen molar-refractivity contribution in [2.75, 3.05) is 19.0 Å². The van der Waals surface area contributed by atoms with E-state index in [-0.39, 0.29) is 17.1 Å². The molecular formula is C11H18N5O13P3. The first-order valence-corrected chi connectivity index (χ1v) is 13.4. The fourth-order valence-electron chi connectivity index (χ4n) is 2.80. The molecule has 0 saturated carbocycles. The molecule has 6 atom stereocenters. The molecular weight excluding hydrogens is 503 g/mol. The number of aromatic nitrogens is 4. The zero-order chi connectivity index (χ0) is 24.1. The first-order valence-electron chi connectivity index (χ1n) is 8.35. The zero-order valence-electron chi connectivity index (χ0n) is 15.9. The smallest absolute Gasteiger partial charge is 0.387 e. The molecule has 1 fully saturated rings. The highest BCUT2D eigenvalue weighted by molar-refractivity contribution is 7.68. The van der Waals surface area contributed by atoms with Crippen LogP contribution in [0.2, 0.25) is 0 Å². The Hall–Kier alpha value is -1.52. The number of nitrogens with one attached hydrogen (secondary N) is 1. The molecule has 0 aromatic carbocycles. The second-order valence-corrected chi connectivity index (χ2v) is 11.5. The standard InChI is InChI=1S/C11H18N5O13P3/c1-30(20,28-32(24,25)29-31(21,22)23)26-2-4-6(17)7(18)10(27-4)16-3-13-5-8(16)14-11(12)15-9(5)19/h3-4,6-7,10,17-18H,2H2,1H3,(H,24,25)(H2,21,22,23)(H3,12,14,15,19)/t4-,6+,7+,10-,30?/m1/s1. The first-order chi connectivity index (χ1) is 14.6. The Labute approximate surface area is 177 Å². The maximum atomic E-state index is 12.2. The van der Waals surface area contributed by atoms with E-state index in [0.717, 1.165) is 10.9 Å². The molecule has 1 saturated heterocycles. The predicted octanol–water partition coefficient (Wildman–Crippen LogP) is -1.61. The summed E-state index contributed by atoms with van der Waals surface area (Å²) < 4.78 is 53.5. The number of anilines is 1. The molecule has 21 heteroatoms. The van der Waals surface area contributed by atoms with Gasteiger partial charge in [-0.2, -0.15) is 9.29 Å². The molecule has 2 aromatic heterocycles. The molecule has 3 rings (SSSR count). The first kappa shape index (κ1) is 25.1. The number of imidazole rings is 1. The number of aliphatic hydroxyl groups is 2. The van der Waals surface area contributed by atoms with Gasteiger partial charge in [0.2, 0.25) is 5.95 Å². The topological polar surface area (TPSA) is 279 Å². The van der Waals surface area contributed by atoms with Gasteiger partial charge in [0, 0.05) is 6.66 Å². The average Bonchev–Trinajstić information content (AvgIpc) is 3.12. The SMILES string of the molecule is CP(=O)(OC[C@H]1O[C@@H](n2cnc3c(=O)[nH]c(N)nc32)[C@@H](O)[C@H]1O)OP(=O)(O)OP(=O)(O)O. The van der Waals surface area contributed by atoms with E-state index >= 15 is 0 Å². The molecule has 2 unspecified atom stereocenters. The van der Waals surface area contributed by atoms with Gasteiger partial charge < -0.3 is 39.9 Å². The summed E-state index contributed by atoms with van der Waals surface area (Å²) in [5, 5.41) is 20.6. The van der Waals surface area contributed by atoms with Gasteiger partial charge in [0.25, 0.3) is 5.56 Å². The molecule has 1 aliphatic rings. The number of rotatable bonds is 8. The van der Waals surface area contributed by atoms with Crippen LogP contribution in [0.15, 0.2) is 11.1 Å². The summed E-state index contributed by atoms with van der Waals surface area (Å²) in [6.07, 6.45) is -4.85. The third-order valence-electron chi connectivity index (χ3n) is 4.00. The van der Waals surface area contributed by atoms with Crippen molar-refractivity contribution >= 4 is 40.4 Å². The number of nitrogens with two attached hydrogens (primary N) is 1. The molecule has 8 N–H and O–H groups in total. The van der Waals surface area contributed by atoms with E-state index < -0.39 is 59.9 Å². The molecule has 2 aromatic rings. The van der Waals surface area contributed by atoms with E-state index in [1.807, 2.05) is 0 Å². The molecule has 18 nitrogen and oxygen atoms in total. The van der Waals surface area contributed by atoms with Crippen LogP contribution in [-0.2, 0) is 31.6 Å². The van der Waals surface area contributed by atoms with Crippen molar-refractivity contribution in [1.82, 2.24) is 19.5 Å². The van der Waals surface area contributed by atoms with E-state index in [0.29, 0.717) is 6.66 Å². The van der Waals surface area contributed by atoms with Crippen LogP contribution in [0.3, 0.4) is 0 Å². The lowest BCUT2D eigenvalue weighted by atomic mass is 10.1. The summed E-state index contributed by atoms with van der Waals surface area (Å²) in [5.74, 6) is -0.243. The monoisotopic (exact) mass is 521 g/mol. The van der Waals surface area contributed by atoms with Crippen LogP contribution < -0.4 is 11.3 Å². The second-order valence-electron chi connectivity index (χ2n) is 6.51. The minimum Gasteiger partial charge on any atom is -0.387 e. The molecule has 0 amide bonds. The van der Waals surface area contributed by atoms with Crippen molar-refractivity contribution in [3.8, 4) is 0 Å². The molecule has 0 spiro atoms. The number of phosphoric acid groups is 2. The Morgan fingerprint density at radius 2 is 1.88 bits per heavy atom. The van der Waals surface area contributed by atoms with Crippen LogP contribution in [0, 0.1) is 0 Å². The predicted molar refractivity (Wildman–Crippen MR) is 102 cm³/mol. The number of hydrogen-bond acceptors (Lipinski definition) is 13. The van der Waals surface area contributed by atoms with Crippen molar-refractivity contribution in [2.24, 2.45) is 0 Å². The maximum Gasteiger partial charge on any atom is 0.488 e. The van der Waals surface area contributed by atoms with E-state index in [2.05, 4.69) is 23.6 Å². The van der Waals surface area contributed by atoms with Crippen LogP contribution >= 0.6 is 23.2 Å². The second kappa shape index (κ2) is 8.68. The number of fused-ring (bicyclic) bond motifs is 1. The Morgan fingerprint density at radius 1 is 1.22 bits per heavy atom. The quantitative estimate of drug-likeness (QED) is 0.192. The molecule has 180 valence electrons. The Morgan fingerprint density at radius 3 is 2.50 bits per heavy atom. The van der Waals surface area contributed by atoms with Crippen LogP contribution in [0.5, 0.6) is 0 Å². The number of aliphatic hydroxyl groups excluding tert-OH is 2. The van der Waals surface area contributed by atoms with Crippen molar-refractivity contribution in [3.05, 3.63) is 16.7 Å². The summed E-state index contributed by atoms with van der Waals surface area (Å²) in [7, 11) is -15.4. The lowest BCUT2D eigenvalue weighted by Crippen LogP contribution is -2.33. The van der Waals surface area contributed by atoms with Gasteiger partial charge in [-0.3, -0.25) is 18.9 Å². The largest absolute Gasteiger partial charge is 0.488 e. The van der Waals surface area contributed by atoms with Gasteiger partial charge in [-0.1, -0.05) is 0 Å². The van der Waals surface area contributed by atoms with E-state index in [1.54, 1.807) is 0 Å². The van der Waals surface area contributed by atoms with E-state index in [1.165, 1.54) is 0 Å². The van der Waals surface area contributed by atoms with Gasteiger partial charge in [0.05, 0.1) is 12.9 Å². The molecule has 0 radical (unpaired) electrons. The van der Waals surface area contributed by atoms with Crippen LogP contribution in [0.1, 0.15) is 6.23 Å². The van der Waals surface area contributed by atoms with Crippen molar-refractivity contribution in [1.29, 1.82) is 0 Å². The summed E-state index contributed by atoms with van der Waals surface area (Å²) >= 11 is 0. The summed E-state index contributed by atoms with van der Waals surface area (Å²) in [6.45, 7) is -0.0717. The van der Waals surface area contributed by atoms with Gasteiger partial charge >= 0.3 is 23.2 Å². The molecule has 3 heterocycles. The number of nitrogens with zero attached hydrogens (tertiary/aromatic N) is 3. The molecule has 32 heavy (non-hydrogen) atoms. The number of aromatic amines is 1. The minimum atomic E-state index is -5.48. The number of H-pyrrole nitrogens is 1. The van der Waals surface area contributed by atoms with Crippen molar-refractivity contribution < 1.29 is 56.5 Å². The Kier molecular flexibility index (Phi) is 6.81. The Balaban J connectivity index is 1.72. The van der Waals surface area contributed by atoms with E-state index in [9.17, 15) is 33.6 Å². The van der Waals surface area contributed by atoms with Gasteiger partial charge in [-0.25, -0.2) is 18.4 Å². The van der Waals surface area contributed by atoms with Gasteiger partial charge in [-0.15, -0.1) is 0 Å². The lowest BCUT2D eigenvalue weighted by molar-refractivity contribution is -0.0482. The maximum absolute atomic E-state index is 12.2.